The molecule has 52 heavy (non-hydrogen) atoms. The van der Waals surface area contributed by atoms with Gasteiger partial charge in [0.2, 0.25) is 17.8 Å². The summed E-state index contributed by atoms with van der Waals surface area (Å²) in [6.45, 7) is 1.62. The lowest BCUT2D eigenvalue weighted by Crippen LogP contribution is -2.51. The average molecular weight is 725 g/mol. The van der Waals surface area contributed by atoms with Crippen LogP contribution in [0, 0.1) is 0 Å². The highest BCUT2D eigenvalue weighted by Crippen LogP contribution is 2.13. The molecule has 1 aromatic carbocycles. The maximum absolute atomic E-state index is 13.0. The highest BCUT2D eigenvalue weighted by molar-refractivity contribution is 5.97. The number of hydrogen-bond acceptors (Lipinski definition) is 13. The van der Waals surface area contributed by atoms with Crippen LogP contribution in [0.3, 0.4) is 0 Å². The van der Waals surface area contributed by atoms with Crippen molar-refractivity contribution >= 4 is 64.2 Å². The summed E-state index contributed by atoms with van der Waals surface area (Å²) in [4.78, 5) is 104. The van der Waals surface area contributed by atoms with Crippen LogP contribution >= 0.6 is 0 Å². The van der Waals surface area contributed by atoms with Gasteiger partial charge in [-0.05, 0) is 56.9 Å². The molecule has 3 amide bonds. The lowest BCUT2D eigenvalue weighted by molar-refractivity contribution is -0.140. The van der Waals surface area contributed by atoms with Gasteiger partial charge in [-0.3, -0.25) is 38.7 Å². The number of Topliss-reactive ketones (excluding diaryl/α,β-unsaturated/α-hetero) is 1. The Hall–Kier alpha value is -6.67. The molecule has 0 radical (unpaired) electrons. The molecule has 13 N–H and O–H groups in total. The maximum Gasteiger partial charge on any atom is 0.326 e. The van der Waals surface area contributed by atoms with E-state index >= 15 is 0 Å². The van der Waals surface area contributed by atoms with E-state index in [1.54, 1.807) is 12.1 Å². The molecule has 0 bridgehead atoms. The van der Waals surface area contributed by atoms with Crippen LogP contribution in [0.5, 0.6) is 0 Å². The standard InChI is InChI=1S/C31H40N12O9/c1-15(44)19(3-2-12-35-30(32)33)40-27(49)20(9-11-23(46)47)39-22(45)10-8-21(29(51)52)41-26(48)16-4-6-17(7-5-16)36-13-18-14-37-25-24(38-18)28(50)43-31(34)42-25/h4-7,14,19-21,36H,2-3,8-13H2,1H3,(H,39,45)(H,40,49)(H,41,48)(H,46,47)(H,51,52)(H4,32,33,35)(H3,34,37,42,43,50)/t19-,20-,21-/m0/s1. The van der Waals surface area contributed by atoms with Crippen LogP contribution in [0.2, 0.25) is 0 Å². The number of carboxylic acids is 2. The number of carboxylic acid groups (broad SMARTS) is 2. The van der Waals surface area contributed by atoms with Gasteiger partial charge in [-0.2, -0.15) is 4.98 Å². The van der Waals surface area contributed by atoms with Gasteiger partial charge in [0.05, 0.1) is 24.5 Å². The molecule has 0 fully saturated rings. The Kier molecular flexibility index (Phi) is 14.5. The third kappa shape index (κ3) is 12.7. The number of aliphatic imine (C=N–C) groups is 1. The minimum Gasteiger partial charge on any atom is -0.481 e. The number of fused-ring (bicyclic) bond motifs is 1. The van der Waals surface area contributed by atoms with Gasteiger partial charge in [-0.15, -0.1) is 0 Å². The largest absolute Gasteiger partial charge is 0.481 e. The first-order chi connectivity index (χ1) is 24.6. The number of guanidine groups is 1. The summed E-state index contributed by atoms with van der Waals surface area (Å²) in [7, 11) is 0. The molecule has 3 rings (SSSR count). The molecule has 2 aromatic heterocycles. The molecule has 0 saturated heterocycles. The van der Waals surface area contributed by atoms with Crippen molar-refractivity contribution in [1.29, 1.82) is 0 Å². The number of aliphatic carboxylic acids is 2. The second kappa shape index (κ2) is 18.9. The van der Waals surface area contributed by atoms with Crippen LogP contribution < -0.4 is 44.0 Å². The summed E-state index contributed by atoms with van der Waals surface area (Å²) in [6.07, 6.45) is 0.343. The number of nitrogens with zero attached hydrogens (tertiary/aromatic N) is 4. The van der Waals surface area contributed by atoms with Crippen LogP contribution in [0.25, 0.3) is 11.2 Å². The molecule has 0 saturated carbocycles. The Morgan fingerprint density at radius 1 is 0.904 bits per heavy atom. The number of nitrogen functional groups attached to an aromatic ring is 1. The van der Waals surface area contributed by atoms with Crippen LogP contribution in [-0.2, 0) is 30.5 Å². The number of aromatic nitrogens is 4. The van der Waals surface area contributed by atoms with Crippen LogP contribution in [0.1, 0.15) is 61.5 Å². The quantitative estimate of drug-likeness (QED) is 0.0354. The summed E-state index contributed by atoms with van der Waals surface area (Å²) in [5.41, 5.74) is 16.8. The summed E-state index contributed by atoms with van der Waals surface area (Å²) in [6, 6.07) is 2.21. The molecule has 0 aliphatic carbocycles. The number of nitrogens with one attached hydrogen (secondary N) is 5. The number of nitrogens with two attached hydrogens (primary N) is 3. The number of amides is 3. The number of rotatable bonds is 20. The zero-order valence-electron chi connectivity index (χ0n) is 28.0. The van der Waals surface area contributed by atoms with Crippen molar-refractivity contribution in [2.45, 2.75) is 70.1 Å². The number of carbonyl (C=O) groups excluding carboxylic acids is 4. The monoisotopic (exact) mass is 724 g/mol. The van der Waals surface area contributed by atoms with E-state index in [2.05, 4.69) is 46.2 Å². The third-order valence-corrected chi connectivity index (χ3v) is 7.42. The van der Waals surface area contributed by atoms with Crippen molar-refractivity contribution in [3.8, 4) is 0 Å². The van der Waals surface area contributed by atoms with E-state index in [9.17, 15) is 38.7 Å². The third-order valence-electron chi connectivity index (χ3n) is 7.42. The molecule has 21 nitrogen and oxygen atoms in total. The Bertz CT molecular complexity index is 1880. The van der Waals surface area contributed by atoms with E-state index in [0.29, 0.717) is 17.8 Å². The first kappa shape index (κ1) is 39.8. The predicted molar refractivity (Wildman–Crippen MR) is 186 cm³/mol. The number of carbonyl (C=O) groups is 6. The van der Waals surface area contributed by atoms with Crippen LogP contribution in [0.4, 0.5) is 11.6 Å². The molecule has 0 unspecified atom stereocenters. The molecule has 0 spiro atoms. The Morgan fingerprint density at radius 3 is 2.23 bits per heavy atom. The zero-order valence-corrected chi connectivity index (χ0v) is 28.0. The van der Waals surface area contributed by atoms with Crippen LogP contribution in [0.15, 0.2) is 40.2 Å². The van der Waals surface area contributed by atoms with Crippen molar-refractivity contribution in [3.63, 3.8) is 0 Å². The van der Waals surface area contributed by atoms with Crippen molar-refractivity contribution in [1.82, 2.24) is 35.9 Å². The Morgan fingerprint density at radius 2 is 1.60 bits per heavy atom. The topological polar surface area (TPSA) is 353 Å². The molecule has 21 heteroatoms. The minimum atomic E-state index is -1.49. The molecule has 0 aliphatic rings. The van der Waals surface area contributed by atoms with Gasteiger partial charge in [0.15, 0.2) is 22.9 Å². The Balaban J connectivity index is 1.55. The number of aromatic amines is 1. The first-order valence-electron chi connectivity index (χ1n) is 15.9. The fourth-order valence-corrected chi connectivity index (χ4v) is 4.72. The number of ketones is 1. The summed E-state index contributed by atoms with van der Waals surface area (Å²) < 4.78 is 0. The van der Waals surface area contributed by atoms with E-state index in [4.69, 9.17) is 22.3 Å². The van der Waals surface area contributed by atoms with Gasteiger partial charge < -0.3 is 48.7 Å². The summed E-state index contributed by atoms with van der Waals surface area (Å²) in [5, 5.41) is 29.1. The van der Waals surface area contributed by atoms with Crippen molar-refractivity contribution in [3.05, 3.63) is 52.1 Å². The smallest absolute Gasteiger partial charge is 0.326 e. The Labute approximate surface area is 295 Å². The lowest BCUT2D eigenvalue weighted by atomic mass is 10.0. The average Bonchev–Trinajstić information content (AvgIpc) is 3.08. The van der Waals surface area contributed by atoms with Gasteiger partial charge in [0, 0.05) is 30.6 Å². The molecule has 3 atom stereocenters. The number of hydrogen-bond donors (Lipinski definition) is 10. The first-order valence-corrected chi connectivity index (χ1v) is 15.9. The molecule has 278 valence electrons. The van der Waals surface area contributed by atoms with Gasteiger partial charge >= 0.3 is 11.9 Å². The highest BCUT2D eigenvalue weighted by atomic mass is 16.4. The summed E-state index contributed by atoms with van der Waals surface area (Å²) >= 11 is 0. The van der Waals surface area contributed by atoms with E-state index in [1.807, 2.05) is 0 Å². The van der Waals surface area contributed by atoms with E-state index in [0.717, 1.165) is 0 Å². The maximum atomic E-state index is 13.0. The summed E-state index contributed by atoms with van der Waals surface area (Å²) in [5.74, 6) is -5.58. The van der Waals surface area contributed by atoms with Crippen molar-refractivity contribution in [2.75, 3.05) is 17.6 Å². The fraction of sp³-hybridized carbons (Fsp3) is 0.387. The van der Waals surface area contributed by atoms with E-state index < -0.39 is 66.2 Å². The second-order valence-corrected chi connectivity index (χ2v) is 11.5. The zero-order chi connectivity index (χ0) is 38.4. The van der Waals surface area contributed by atoms with Gasteiger partial charge in [0.1, 0.15) is 12.1 Å². The molecule has 3 aromatic rings. The molecular weight excluding hydrogens is 684 g/mol. The van der Waals surface area contributed by atoms with Crippen LogP contribution in [-0.4, -0.2) is 96.2 Å². The van der Waals surface area contributed by atoms with Gasteiger partial charge in [0.25, 0.3) is 11.5 Å². The highest BCUT2D eigenvalue weighted by Gasteiger charge is 2.27. The predicted octanol–water partition coefficient (Wildman–Crippen LogP) is -1.65. The molecule has 2 heterocycles. The van der Waals surface area contributed by atoms with Gasteiger partial charge in [-0.1, -0.05) is 0 Å². The SMILES string of the molecule is CC(=O)[C@H](CCCN=C(N)N)NC(=O)[C@H](CCC(=O)O)NC(=O)CC[C@H](NC(=O)c1ccc(NCc2cnc3nc(N)[nH]c(=O)c3n2)cc1)C(=O)O. The second-order valence-electron chi connectivity index (χ2n) is 11.5. The van der Waals surface area contributed by atoms with Crippen molar-refractivity contribution < 1.29 is 39.0 Å². The fourth-order valence-electron chi connectivity index (χ4n) is 4.72. The number of H-pyrrole nitrogens is 1. The minimum absolute atomic E-state index is 0.0146. The molecular formula is C31H40N12O9. The van der Waals surface area contributed by atoms with E-state index in [-0.39, 0.29) is 66.8 Å². The lowest BCUT2D eigenvalue weighted by Gasteiger charge is -2.22. The molecule has 0 aliphatic heterocycles. The van der Waals surface area contributed by atoms with Gasteiger partial charge in [-0.25, -0.2) is 14.8 Å². The van der Waals surface area contributed by atoms with E-state index in [1.165, 1.54) is 25.3 Å². The number of anilines is 2. The number of benzene rings is 1. The normalized spacial score (nSPS) is 12.5. The van der Waals surface area contributed by atoms with Crippen molar-refractivity contribution in [2.24, 2.45) is 16.5 Å².